The minimum Gasteiger partial charge on any atom is -0.382 e. The lowest BCUT2D eigenvalue weighted by atomic mass is 10.0. The Morgan fingerprint density at radius 1 is 1.29 bits per heavy atom. The minimum atomic E-state index is -0.0495. The summed E-state index contributed by atoms with van der Waals surface area (Å²) in [6.07, 6.45) is 4.09. The van der Waals surface area contributed by atoms with Crippen molar-refractivity contribution in [3.05, 3.63) is 69.7 Å². The van der Waals surface area contributed by atoms with Crippen molar-refractivity contribution in [3.63, 3.8) is 0 Å². The molecule has 4 heterocycles. The quantitative estimate of drug-likeness (QED) is 0.425. The third-order valence-electron chi connectivity index (χ3n) is 6.74. The number of benzene rings is 1. The first-order valence-electron chi connectivity index (χ1n) is 11.7. The van der Waals surface area contributed by atoms with Gasteiger partial charge in [0.2, 0.25) is 0 Å². The van der Waals surface area contributed by atoms with Crippen molar-refractivity contribution in [2.75, 3.05) is 38.3 Å². The Kier molecular flexibility index (Phi) is 6.24. The second-order valence-electron chi connectivity index (χ2n) is 8.95. The highest BCUT2D eigenvalue weighted by Crippen LogP contribution is 2.22. The molecule has 0 N–H and O–H groups in total. The van der Waals surface area contributed by atoms with Gasteiger partial charge in [0.05, 0.1) is 36.5 Å². The van der Waals surface area contributed by atoms with Crippen molar-refractivity contribution >= 4 is 22.2 Å². The van der Waals surface area contributed by atoms with Crippen LogP contribution in [0.5, 0.6) is 0 Å². The van der Waals surface area contributed by atoms with Crippen LogP contribution in [0.2, 0.25) is 0 Å². The van der Waals surface area contributed by atoms with Gasteiger partial charge in [-0.05, 0) is 55.7 Å². The summed E-state index contributed by atoms with van der Waals surface area (Å²) < 4.78 is 14.6. The largest absolute Gasteiger partial charge is 0.382 e. The number of imidazole rings is 1. The predicted molar refractivity (Wildman–Crippen MR) is 133 cm³/mol. The number of fused-ring (bicyclic) bond motifs is 2. The molecule has 1 atom stereocenters. The van der Waals surface area contributed by atoms with E-state index in [4.69, 9.17) is 9.47 Å². The number of methoxy groups -OCH3 is 1. The summed E-state index contributed by atoms with van der Waals surface area (Å²) >= 11 is 0. The number of nitriles is 1. The Morgan fingerprint density at radius 3 is 2.94 bits per heavy atom. The Bertz CT molecular complexity index is 1500. The van der Waals surface area contributed by atoms with Crippen LogP contribution in [0.1, 0.15) is 22.5 Å². The van der Waals surface area contributed by atoms with Gasteiger partial charge in [-0.15, -0.1) is 0 Å². The van der Waals surface area contributed by atoms with E-state index in [9.17, 15) is 10.1 Å². The molecule has 9 nitrogen and oxygen atoms in total. The predicted octanol–water partition coefficient (Wildman–Crippen LogP) is 2.63. The van der Waals surface area contributed by atoms with Gasteiger partial charge >= 0.3 is 0 Å². The van der Waals surface area contributed by atoms with Crippen molar-refractivity contribution in [2.45, 2.75) is 32.9 Å². The summed E-state index contributed by atoms with van der Waals surface area (Å²) in [6, 6.07) is 9.91. The van der Waals surface area contributed by atoms with E-state index in [1.54, 1.807) is 24.2 Å². The van der Waals surface area contributed by atoms with E-state index in [-0.39, 0.29) is 11.7 Å². The average Bonchev–Trinajstić information content (AvgIpc) is 3.28. The van der Waals surface area contributed by atoms with Crippen LogP contribution >= 0.6 is 0 Å². The van der Waals surface area contributed by atoms with Crippen LogP contribution in [0.4, 0.5) is 5.69 Å². The van der Waals surface area contributed by atoms with Crippen molar-refractivity contribution < 1.29 is 9.47 Å². The number of rotatable bonds is 6. The van der Waals surface area contributed by atoms with Crippen molar-refractivity contribution in [1.82, 2.24) is 18.9 Å². The molecule has 4 aromatic rings. The highest BCUT2D eigenvalue weighted by Gasteiger charge is 2.21. The lowest BCUT2D eigenvalue weighted by Gasteiger charge is -2.34. The fourth-order valence-corrected chi connectivity index (χ4v) is 4.88. The van der Waals surface area contributed by atoms with Gasteiger partial charge in [-0.3, -0.25) is 9.36 Å². The van der Waals surface area contributed by atoms with E-state index < -0.39 is 0 Å². The lowest BCUT2D eigenvalue weighted by molar-refractivity contribution is -0.0100. The second-order valence-corrected chi connectivity index (χ2v) is 8.95. The summed E-state index contributed by atoms with van der Waals surface area (Å²) in [6.45, 7) is 7.30. The van der Waals surface area contributed by atoms with Crippen LogP contribution < -0.4 is 10.5 Å². The standard InChI is InChI=1S/C26H28N6O3/c1-17-10-25-29-19(12-27)13-32(25)18(2)22(17)6-7-31-16-28-24-11-20(4-5-23(24)26(31)33)30-8-9-35-21(14-30)15-34-3/h4-5,10-11,13,16,21H,6-9,14-15H2,1-3H3/t21-/m1/s1. The molecule has 0 radical (unpaired) electrons. The molecule has 9 heteroatoms. The molecule has 1 aliphatic heterocycles. The summed E-state index contributed by atoms with van der Waals surface area (Å²) in [7, 11) is 1.68. The third kappa shape index (κ3) is 4.38. The monoisotopic (exact) mass is 472 g/mol. The molecule has 0 bridgehead atoms. The van der Waals surface area contributed by atoms with Gasteiger partial charge in [0.25, 0.3) is 5.56 Å². The van der Waals surface area contributed by atoms with Crippen molar-refractivity contribution in [2.24, 2.45) is 0 Å². The Balaban J connectivity index is 1.38. The molecule has 3 aromatic heterocycles. The molecule has 5 rings (SSSR count). The van der Waals surface area contributed by atoms with Gasteiger partial charge in [0.1, 0.15) is 11.7 Å². The Morgan fingerprint density at radius 2 is 2.14 bits per heavy atom. The maximum atomic E-state index is 13.2. The molecule has 180 valence electrons. The number of pyridine rings is 1. The molecule has 35 heavy (non-hydrogen) atoms. The van der Waals surface area contributed by atoms with Gasteiger partial charge in [-0.25, -0.2) is 9.97 Å². The summed E-state index contributed by atoms with van der Waals surface area (Å²) in [5.74, 6) is 0. The number of aryl methyl sites for hydroxylation is 3. The van der Waals surface area contributed by atoms with Gasteiger partial charge < -0.3 is 18.8 Å². The van der Waals surface area contributed by atoms with Crippen LogP contribution in [-0.4, -0.2) is 58.5 Å². The lowest BCUT2D eigenvalue weighted by Crippen LogP contribution is -2.44. The van der Waals surface area contributed by atoms with Crippen molar-refractivity contribution in [1.29, 1.82) is 5.26 Å². The van der Waals surface area contributed by atoms with Crippen LogP contribution in [0, 0.1) is 25.2 Å². The summed E-state index contributed by atoms with van der Waals surface area (Å²) in [5, 5.41) is 9.78. The first-order valence-corrected chi connectivity index (χ1v) is 11.7. The molecular weight excluding hydrogens is 444 g/mol. The van der Waals surface area contributed by atoms with Crippen molar-refractivity contribution in [3.8, 4) is 6.07 Å². The minimum absolute atomic E-state index is 0.0327. The maximum absolute atomic E-state index is 13.2. The molecule has 0 aliphatic carbocycles. The van der Waals surface area contributed by atoms with E-state index in [0.717, 1.165) is 41.2 Å². The fraction of sp³-hybridized carbons (Fsp3) is 0.385. The number of hydrogen-bond donors (Lipinski definition) is 0. The Labute approximate surface area is 203 Å². The number of aromatic nitrogens is 4. The van der Waals surface area contributed by atoms with Gasteiger partial charge in [-0.1, -0.05) is 0 Å². The highest BCUT2D eigenvalue weighted by atomic mass is 16.5. The first-order chi connectivity index (χ1) is 17.0. The smallest absolute Gasteiger partial charge is 0.261 e. The molecule has 0 spiro atoms. The fourth-order valence-electron chi connectivity index (χ4n) is 4.88. The average molecular weight is 473 g/mol. The van der Waals surface area contributed by atoms with E-state index >= 15 is 0 Å². The second kappa shape index (κ2) is 9.49. The molecule has 0 amide bonds. The zero-order chi connectivity index (χ0) is 24.5. The number of anilines is 1. The van der Waals surface area contributed by atoms with Gasteiger partial charge in [0.15, 0.2) is 5.69 Å². The molecule has 1 aromatic carbocycles. The number of ether oxygens (including phenoxy) is 2. The van der Waals surface area contributed by atoms with Crippen LogP contribution in [0.3, 0.4) is 0 Å². The topological polar surface area (TPSA) is 97.7 Å². The zero-order valence-corrected chi connectivity index (χ0v) is 20.2. The highest BCUT2D eigenvalue weighted by molar-refractivity contribution is 5.81. The van der Waals surface area contributed by atoms with Gasteiger partial charge in [-0.2, -0.15) is 5.26 Å². The maximum Gasteiger partial charge on any atom is 0.261 e. The summed E-state index contributed by atoms with van der Waals surface area (Å²) in [5.41, 5.74) is 6.08. The normalized spacial score (nSPS) is 16.2. The molecule has 1 saturated heterocycles. The van der Waals surface area contributed by atoms with Gasteiger partial charge in [0, 0.05) is 44.3 Å². The van der Waals surface area contributed by atoms with Crippen LogP contribution in [0.15, 0.2) is 41.6 Å². The Hall–Kier alpha value is -3.74. The zero-order valence-electron chi connectivity index (χ0n) is 20.2. The molecule has 0 unspecified atom stereocenters. The number of hydrogen-bond acceptors (Lipinski definition) is 7. The SMILES string of the molecule is COC[C@H]1CN(c2ccc3c(=O)n(CCc4c(C)cc5nc(C#N)cn5c4C)cnc3c2)CCO1. The number of nitrogens with zero attached hydrogens (tertiary/aromatic N) is 6. The molecular formula is C26H28N6O3. The molecule has 0 saturated carbocycles. The third-order valence-corrected chi connectivity index (χ3v) is 6.74. The number of morpholine rings is 1. The van der Waals surface area contributed by atoms with E-state index in [1.165, 1.54) is 0 Å². The van der Waals surface area contributed by atoms with E-state index in [0.29, 0.717) is 42.8 Å². The van der Waals surface area contributed by atoms with E-state index in [2.05, 4.69) is 20.9 Å². The molecule has 1 fully saturated rings. The van der Waals surface area contributed by atoms with Crippen LogP contribution in [-0.2, 0) is 22.4 Å². The first kappa shape index (κ1) is 23.0. The van der Waals surface area contributed by atoms with E-state index in [1.807, 2.05) is 42.5 Å². The summed E-state index contributed by atoms with van der Waals surface area (Å²) in [4.78, 5) is 24.4. The molecule has 1 aliphatic rings. The van der Waals surface area contributed by atoms with Crippen LogP contribution in [0.25, 0.3) is 16.6 Å².